The molecule has 0 saturated heterocycles. The third kappa shape index (κ3) is 2.77. The van der Waals surface area contributed by atoms with Gasteiger partial charge in [0, 0.05) is 24.6 Å². The van der Waals surface area contributed by atoms with E-state index in [1.807, 2.05) is 0 Å². The Morgan fingerprint density at radius 2 is 1.85 bits per heavy atom. The molecular formula is C16H22N2OS. The van der Waals surface area contributed by atoms with E-state index in [4.69, 9.17) is 15.5 Å². The number of nitrogens with zero attached hydrogens (tertiary/aromatic N) is 1. The van der Waals surface area contributed by atoms with Crippen LogP contribution in [0.25, 0.3) is 11.3 Å². The lowest BCUT2D eigenvalue weighted by Crippen LogP contribution is -2.26. The standard InChI is InChI=1S/C16H22N2OS/c1-4-16(5-2,19-3)15-18-14(11-20-15)13-8-6-12(10-17)7-9-13/h6-9,11H,4-5,10,17H2,1-3H3. The number of aromatic nitrogens is 1. The second kappa shape index (κ2) is 6.48. The van der Waals surface area contributed by atoms with Crippen LogP contribution in [0.3, 0.4) is 0 Å². The highest BCUT2D eigenvalue weighted by Gasteiger charge is 2.31. The monoisotopic (exact) mass is 290 g/mol. The zero-order valence-electron chi connectivity index (χ0n) is 12.3. The summed E-state index contributed by atoms with van der Waals surface area (Å²) in [4.78, 5) is 4.78. The van der Waals surface area contributed by atoms with Crippen molar-refractivity contribution in [2.24, 2.45) is 5.73 Å². The molecule has 0 radical (unpaired) electrons. The van der Waals surface area contributed by atoms with E-state index >= 15 is 0 Å². The van der Waals surface area contributed by atoms with E-state index in [9.17, 15) is 0 Å². The lowest BCUT2D eigenvalue weighted by atomic mass is 9.98. The molecule has 1 aromatic carbocycles. The van der Waals surface area contributed by atoms with Crippen molar-refractivity contribution in [3.8, 4) is 11.3 Å². The van der Waals surface area contributed by atoms with Gasteiger partial charge in [-0.15, -0.1) is 11.3 Å². The van der Waals surface area contributed by atoms with E-state index in [1.54, 1.807) is 18.4 Å². The van der Waals surface area contributed by atoms with Crippen LogP contribution in [0.1, 0.15) is 37.3 Å². The molecule has 2 N–H and O–H groups in total. The largest absolute Gasteiger partial charge is 0.371 e. The van der Waals surface area contributed by atoms with Crippen molar-refractivity contribution in [3.63, 3.8) is 0 Å². The van der Waals surface area contributed by atoms with Gasteiger partial charge in [-0.3, -0.25) is 0 Å². The number of benzene rings is 1. The Labute approximate surface area is 124 Å². The van der Waals surface area contributed by atoms with E-state index in [-0.39, 0.29) is 5.60 Å². The number of hydrogen-bond acceptors (Lipinski definition) is 4. The van der Waals surface area contributed by atoms with Crippen LogP contribution in [-0.2, 0) is 16.9 Å². The first-order valence-corrected chi connectivity index (χ1v) is 7.87. The number of nitrogens with two attached hydrogens (primary N) is 1. The van der Waals surface area contributed by atoms with Gasteiger partial charge in [0.25, 0.3) is 0 Å². The van der Waals surface area contributed by atoms with E-state index < -0.39 is 0 Å². The zero-order valence-corrected chi connectivity index (χ0v) is 13.2. The highest BCUT2D eigenvalue weighted by molar-refractivity contribution is 7.10. The van der Waals surface area contributed by atoms with E-state index in [0.717, 1.165) is 34.7 Å². The first-order chi connectivity index (χ1) is 9.69. The van der Waals surface area contributed by atoms with Crippen molar-refractivity contribution < 1.29 is 4.74 Å². The SMILES string of the molecule is CCC(CC)(OC)c1nc(-c2ccc(CN)cc2)cs1. The Balaban J connectivity index is 2.32. The van der Waals surface area contributed by atoms with E-state index in [0.29, 0.717) is 6.54 Å². The summed E-state index contributed by atoms with van der Waals surface area (Å²) < 4.78 is 5.74. The van der Waals surface area contributed by atoms with E-state index in [2.05, 4.69) is 43.5 Å². The fraction of sp³-hybridized carbons (Fsp3) is 0.438. The topological polar surface area (TPSA) is 48.1 Å². The Morgan fingerprint density at radius 1 is 1.20 bits per heavy atom. The molecular weight excluding hydrogens is 268 g/mol. The molecule has 1 heterocycles. The van der Waals surface area contributed by atoms with Crippen molar-refractivity contribution in [3.05, 3.63) is 40.2 Å². The fourth-order valence-corrected chi connectivity index (χ4v) is 3.51. The second-order valence-corrected chi connectivity index (χ2v) is 5.70. The van der Waals surface area contributed by atoms with Crippen LogP contribution in [0.15, 0.2) is 29.6 Å². The van der Waals surface area contributed by atoms with Crippen LogP contribution in [-0.4, -0.2) is 12.1 Å². The van der Waals surface area contributed by atoms with Gasteiger partial charge in [0.05, 0.1) is 5.69 Å². The quantitative estimate of drug-likeness (QED) is 0.877. The molecule has 0 aliphatic heterocycles. The lowest BCUT2D eigenvalue weighted by molar-refractivity contribution is -0.0218. The molecule has 0 amide bonds. The Kier molecular flexibility index (Phi) is 4.91. The van der Waals surface area contributed by atoms with Crippen molar-refractivity contribution in [2.45, 2.75) is 38.8 Å². The Morgan fingerprint density at radius 3 is 2.35 bits per heavy atom. The van der Waals surface area contributed by atoms with Crippen LogP contribution >= 0.6 is 11.3 Å². The molecule has 0 aliphatic carbocycles. The minimum Gasteiger partial charge on any atom is -0.371 e. The van der Waals surface area contributed by atoms with Gasteiger partial charge in [-0.05, 0) is 18.4 Å². The zero-order chi connectivity index (χ0) is 14.6. The van der Waals surface area contributed by atoms with Gasteiger partial charge in [-0.1, -0.05) is 38.1 Å². The number of ether oxygens (including phenoxy) is 1. The minimum absolute atomic E-state index is 0.250. The molecule has 108 valence electrons. The Hall–Kier alpha value is -1.23. The first-order valence-electron chi connectivity index (χ1n) is 6.99. The molecule has 0 fully saturated rings. The van der Waals surface area contributed by atoms with Crippen LogP contribution in [0.5, 0.6) is 0 Å². The van der Waals surface area contributed by atoms with Crippen molar-refractivity contribution in [1.29, 1.82) is 0 Å². The third-order valence-corrected chi connectivity index (χ3v) is 4.94. The van der Waals surface area contributed by atoms with Crippen molar-refractivity contribution in [1.82, 2.24) is 4.98 Å². The molecule has 2 aromatic rings. The summed E-state index contributed by atoms with van der Waals surface area (Å²) in [6.45, 7) is 4.86. The summed E-state index contributed by atoms with van der Waals surface area (Å²) in [5.41, 5.74) is 8.65. The fourth-order valence-electron chi connectivity index (χ4n) is 2.36. The van der Waals surface area contributed by atoms with Gasteiger partial charge >= 0.3 is 0 Å². The van der Waals surface area contributed by atoms with Crippen LogP contribution in [0.2, 0.25) is 0 Å². The Bertz CT molecular complexity index is 536. The molecule has 4 heteroatoms. The molecule has 3 nitrogen and oxygen atoms in total. The van der Waals surface area contributed by atoms with Gasteiger partial charge in [-0.25, -0.2) is 4.98 Å². The maximum atomic E-state index is 5.74. The molecule has 20 heavy (non-hydrogen) atoms. The summed E-state index contributed by atoms with van der Waals surface area (Å²) in [7, 11) is 1.77. The molecule has 0 unspecified atom stereocenters. The predicted octanol–water partition coefficient (Wildman–Crippen LogP) is 3.93. The average molecular weight is 290 g/mol. The molecule has 0 saturated carbocycles. The normalized spacial score (nSPS) is 11.8. The maximum absolute atomic E-state index is 5.74. The van der Waals surface area contributed by atoms with Gasteiger partial charge in [-0.2, -0.15) is 0 Å². The summed E-state index contributed by atoms with van der Waals surface area (Å²) in [6.07, 6.45) is 1.86. The van der Waals surface area contributed by atoms with E-state index in [1.165, 1.54) is 0 Å². The molecule has 0 bridgehead atoms. The molecule has 0 atom stereocenters. The maximum Gasteiger partial charge on any atom is 0.125 e. The smallest absolute Gasteiger partial charge is 0.125 e. The van der Waals surface area contributed by atoms with Crippen LogP contribution < -0.4 is 5.73 Å². The average Bonchev–Trinajstić information content (AvgIpc) is 3.00. The van der Waals surface area contributed by atoms with Crippen molar-refractivity contribution in [2.75, 3.05) is 7.11 Å². The highest BCUT2D eigenvalue weighted by Crippen LogP contribution is 2.36. The molecule has 0 aliphatic rings. The van der Waals surface area contributed by atoms with Crippen molar-refractivity contribution >= 4 is 11.3 Å². The van der Waals surface area contributed by atoms with Crippen LogP contribution in [0, 0.1) is 0 Å². The molecule has 0 spiro atoms. The second-order valence-electron chi connectivity index (χ2n) is 4.84. The first kappa shape index (κ1) is 15.2. The summed E-state index contributed by atoms with van der Waals surface area (Å²) in [5.74, 6) is 0. The summed E-state index contributed by atoms with van der Waals surface area (Å²) in [5, 5.41) is 3.16. The van der Waals surface area contributed by atoms with Gasteiger partial charge in [0.15, 0.2) is 0 Å². The van der Waals surface area contributed by atoms with Gasteiger partial charge in [0.1, 0.15) is 10.6 Å². The van der Waals surface area contributed by atoms with Crippen LogP contribution in [0.4, 0.5) is 0 Å². The molecule has 2 rings (SSSR count). The minimum atomic E-state index is -0.250. The number of rotatable bonds is 6. The lowest BCUT2D eigenvalue weighted by Gasteiger charge is -2.27. The third-order valence-electron chi connectivity index (χ3n) is 3.91. The summed E-state index contributed by atoms with van der Waals surface area (Å²) >= 11 is 1.67. The van der Waals surface area contributed by atoms with Gasteiger partial charge < -0.3 is 10.5 Å². The summed E-state index contributed by atoms with van der Waals surface area (Å²) in [6, 6.07) is 8.26. The number of methoxy groups -OCH3 is 1. The highest BCUT2D eigenvalue weighted by atomic mass is 32.1. The number of hydrogen-bond donors (Lipinski definition) is 1. The van der Waals surface area contributed by atoms with Gasteiger partial charge in [0.2, 0.25) is 0 Å². The predicted molar refractivity (Wildman–Crippen MR) is 84.7 cm³/mol. The number of thiazole rings is 1. The molecule has 1 aromatic heterocycles.